The maximum Gasteiger partial charge on any atom is 0.222 e. The van der Waals surface area contributed by atoms with E-state index in [9.17, 15) is 0 Å². The van der Waals surface area contributed by atoms with Crippen molar-refractivity contribution >= 4 is 11.8 Å². The van der Waals surface area contributed by atoms with E-state index in [-0.39, 0.29) is 12.6 Å². The smallest absolute Gasteiger partial charge is 0.222 e. The molecule has 0 aliphatic rings. The topological polar surface area (TPSA) is 84.1 Å². The van der Waals surface area contributed by atoms with Crippen molar-refractivity contribution in [2.75, 3.05) is 24.2 Å². The van der Waals surface area contributed by atoms with E-state index >= 15 is 0 Å². The molecule has 0 atom stereocenters. The fourth-order valence-corrected chi connectivity index (χ4v) is 1.46. The lowest BCUT2D eigenvalue weighted by atomic mass is 10.2. The van der Waals surface area contributed by atoms with Gasteiger partial charge in [0.15, 0.2) is 0 Å². The van der Waals surface area contributed by atoms with Crippen molar-refractivity contribution in [3.05, 3.63) is 47.7 Å². The number of anilines is 2. The number of hydrogen-bond donors (Lipinski definition) is 3. The summed E-state index contributed by atoms with van der Waals surface area (Å²) in [7, 11) is 0. The summed E-state index contributed by atoms with van der Waals surface area (Å²) >= 11 is 0. The zero-order chi connectivity index (χ0) is 13.5. The van der Waals surface area contributed by atoms with Gasteiger partial charge in [-0.25, -0.2) is 4.98 Å². The molecule has 0 aliphatic heterocycles. The molecule has 0 bridgehead atoms. The molecule has 1 aromatic carbocycles. The predicted octanol–water partition coefficient (Wildman–Crippen LogP) is 0.863. The largest absolute Gasteiger partial charge is 0.395 e. The first-order valence-electron chi connectivity index (χ1n) is 5.84. The van der Waals surface area contributed by atoms with Gasteiger partial charge in [0, 0.05) is 12.1 Å². The Bertz CT molecular complexity index is 602. The highest BCUT2D eigenvalue weighted by Gasteiger charge is 2.02. The zero-order valence-electron chi connectivity index (χ0n) is 10.3. The van der Waals surface area contributed by atoms with Crippen molar-refractivity contribution < 1.29 is 5.11 Å². The van der Waals surface area contributed by atoms with Gasteiger partial charge in [0.2, 0.25) is 5.95 Å². The van der Waals surface area contributed by atoms with Crippen LogP contribution in [0.2, 0.25) is 0 Å². The Morgan fingerprint density at radius 2 is 2.00 bits per heavy atom. The van der Waals surface area contributed by atoms with Crippen LogP contribution in [0.3, 0.4) is 0 Å². The Kier molecular flexibility index (Phi) is 4.32. The number of nitrogens with zero attached hydrogens (tertiary/aromatic N) is 2. The summed E-state index contributed by atoms with van der Waals surface area (Å²) in [6, 6.07) is 9.63. The van der Waals surface area contributed by atoms with Crippen LogP contribution in [0.5, 0.6) is 0 Å². The van der Waals surface area contributed by atoms with Crippen LogP contribution >= 0.6 is 0 Å². The quantitative estimate of drug-likeness (QED) is 0.708. The van der Waals surface area contributed by atoms with E-state index in [0.29, 0.717) is 17.9 Å². The molecule has 1 heterocycles. The molecule has 5 nitrogen and oxygen atoms in total. The number of aliphatic hydroxyl groups is 1. The van der Waals surface area contributed by atoms with Crippen molar-refractivity contribution in [1.82, 2.24) is 9.97 Å². The molecule has 0 aliphatic carbocycles. The van der Waals surface area contributed by atoms with Gasteiger partial charge in [-0.15, -0.1) is 0 Å². The van der Waals surface area contributed by atoms with Crippen molar-refractivity contribution in [2.24, 2.45) is 0 Å². The van der Waals surface area contributed by atoms with Gasteiger partial charge in [-0.05, 0) is 12.1 Å². The maximum atomic E-state index is 8.82. The third-order valence-electron chi connectivity index (χ3n) is 2.33. The summed E-state index contributed by atoms with van der Waals surface area (Å²) in [4.78, 5) is 7.99. The number of nitrogen functional groups attached to an aromatic ring is 1. The SMILES string of the molecule is Nc1ncc(C#Cc2ccccc2)c(NCCO)n1. The summed E-state index contributed by atoms with van der Waals surface area (Å²) in [6.07, 6.45) is 1.57. The molecule has 2 aromatic rings. The maximum absolute atomic E-state index is 8.82. The average Bonchev–Trinajstić information content (AvgIpc) is 2.45. The van der Waals surface area contributed by atoms with Crippen LogP contribution in [-0.2, 0) is 0 Å². The Morgan fingerprint density at radius 1 is 1.21 bits per heavy atom. The highest BCUT2D eigenvalue weighted by molar-refractivity contribution is 5.56. The van der Waals surface area contributed by atoms with Gasteiger partial charge in [0.05, 0.1) is 18.4 Å². The summed E-state index contributed by atoms with van der Waals surface area (Å²) in [5, 5.41) is 11.8. The van der Waals surface area contributed by atoms with Crippen LogP contribution in [0.25, 0.3) is 0 Å². The Morgan fingerprint density at radius 3 is 2.74 bits per heavy atom. The molecule has 0 spiro atoms. The number of hydrogen-bond acceptors (Lipinski definition) is 5. The molecule has 19 heavy (non-hydrogen) atoms. The normalized spacial score (nSPS) is 9.53. The second-order valence-electron chi connectivity index (χ2n) is 3.76. The van der Waals surface area contributed by atoms with Gasteiger partial charge in [0.1, 0.15) is 5.82 Å². The summed E-state index contributed by atoms with van der Waals surface area (Å²) < 4.78 is 0. The van der Waals surface area contributed by atoms with Crippen LogP contribution in [0.4, 0.5) is 11.8 Å². The first kappa shape index (κ1) is 12.9. The molecular formula is C14H14N4O. The van der Waals surface area contributed by atoms with E-state index < -0.39 is 0 Å². The van der Waals surface area contributed by atoms with Crippen LogP contribution in [0.1, 0.15) is 11.1 Å². The van der Waals surface area contributed by atoms with E-state index in [1.165, 1.54) is 0 Å². The van der Waals surface area contributed by atoms with Crippen LogP contribution < -0.4 is 11.1 Å². The summed E-state index contributed by atoms with van der Waals surface area (Å²) in [5.41, 5.74) is 7.09. The van der Waals surface area contributed by atoms with Crippen molar-refractivity contribution in [3.63, 3.8) is 0 Å². The minimum atomic E-state index is 0.00939. The van der Waals surface area contributed by atoms with E-state index in [1.807, 2.05) is 30.3 Å². The lowest BCUT2D eigenvalue weighted by molar-refractivity contribution is 0.311. The lowest BCUT2D eigenvalue weighted by Gasteiger charge is -2.05. The number of nitrogens with two attached hydrogens (primary N) is 1. The molecular weight excluding hydrogens is 240 g/mol. The zero-order valence-corrected chi connectivity index (χ0v) is 10.3. The van der Waals surface area contributed by atoms with Crippen molar-refractivity contribution in [2.45, 2.75) is 0 Å². The molecule has 0 unspecified atom stereocenters. The number of nitrogens with one attached hydrogen (secondary N) is 1. The number of aliphatic hydroxyl groups excluding tert-OH is 1. The second-order valence-corrected chi connectivity index (χ2v) is 3.76. The van der Waals surface area contributed by atoms with E-state index in [1.54, 1.807) is 6.20 Å². The molecule has 96 valence electrons. The van der Waals surface area contributed by atoms with Gasteiger partial charge in [-0.1, -0.05) is 30.0 Å². The molecule has 2 rings (SSSR count). The lowest BCUT2D eigenvalue weighted by Crippen LogP contribution is -2.10. The molecule has 4 N–H and O–H groups in total. The van der Waals surface area contributed by atoms with Gasteiger partial charge in [-0.2, -0.15) is 4.98 Å². The van der Waals surface area contributed by atoms with Gasteiger partial charge >= 0.3 is 0 Å². The Hall–Kier alpha value is -2.58. The van der Waals surface area contributed by atoms with Gasteiger partial charge in [-0.3, -0.25) is 0 Å². The Balaban J connectivity index is 2.27. The first-order chi connectivity index (χ1) is 9.29. The number of benzene rings is 1. The van der Waals surface area contributed by atoms with Gasteiger partial charge < -0.3 is 16.2 Å². The van der Waals surface area contributed by atoms with E-state index in [4.69, 9.17) is 10.8 Å². The third kappa shape index (κ3) is 3.69. The van der Waals surface area contributed by atoms with Crippen molar-refractivity contribution in [3.8, 4) is 11.8 Å². The Labute approximate surface area is 111 Å². The molecule has 0 fully saturated rings. The molecule has 0 radical (unpaired) electrons. The predicted molar refractivity (Wildman–Crippen MR) is 74.4 cm³/mol. The van der Waals surface area contributed by atoms with Crippen LogP contribution in [0.15, 0.2) is 36.5 Å². The second kappa shape index (κ2) is 6.38. The highest BCUT2D eigenvalue weighted by atomic mass is 16.3. The molecule has 1 aromatic heterocycles. The van der Waals surface area contributed by atoms with Crippen LogP contribution in [0, 0.1) is 11.8 Å². The first-order valence-corrected chi connectivity index (χ1v) is 5.84. The van der Waals surface area contributed by atoms with Crippen molar-refractivity contribution in [1.29, 1.82) is 0 Å². The van der Waals surface area contributed by atoms with Gasteiger partial charge in [0.25, 0.3) is 0 Å². The molecule has 0 amide bonds. The standard InChI is InChI=1S/C14H14N4O/c15-14-17-10-12(13(18-14)16-8-9-19)7-6-11-4-2-1-3-5-11/h1-5,10,19H,8-9H2,(H3,15,16,17,18). The molecule has 0 saturated carbocycles. The monoisotopic (exact) mass is 254 g/mol. The molecule has 0 saturated heterocycles. The fourth-order valence-electron chi connectivity index (χ4n) is 1.46. The fraction of sp³-hybridized carbons (Fsp3) is 0.143. The number of rotatable bonds is 3. The van der Waals surface area contributed by atoms with E-state index in [2.05, 4.69) is 27.1 Å². The minimum absolute atomic E-state index is 0.00939. The minimum Gasteiger partial charge on any atom is -0.395 e. The third-order valence-corrected chi connectivity index (χ3v) is 2.33. The summed E-state index contributed by atoms with van der Waals surface area (Å²) in [5.74, 6) is 6.72. The van der Waals surface area contributed by atoms with E-state index in [0.717, 1.165) is 5.56 Å². The average molecular weight is 254 g/mol. The summed E-state index contributed by atoms with van der Waals surface area (Å²) in [6.45, 7) is 0.395. The number of aromatic nitrogens is 2. The highest BCUT2D eigenvalue weighted by Crippen LogP contribution is 2.11. The molecule has 5 heteroatoms. The van der Waals surface area contributed by atoms with Crippen LogP contribution in [-0.4, -0.2) is 28.2 Å².